The molecule has 5 unspecified atom stereocenters. The summed E-state index contributed by atoms with van der Waals surface area (Å²) in [5, 5.41) is 54.0. The number of aliphatic hydroxyl groups is 4. The van der Waals surface area contributed by atoms with Crippen LogP contribution < -0.4 is 14.8 Å². The van der Waals surface area contributed by atoms with E-state index in [0.717, 1.165) is 5.56 Å². The summed E-state index contributed by atoms with van der Waals surface area (Å²) in [6, 6.07) is 8.33. The van der Waals surface area contributed by atoms with Gasteiger partial charge in [0, 0.05) is 13.1 Å². The first-order valence-electron chi connectivity index (χ1n) is 13.5. The van der Waals surface area contributed by atoms with Crippen molar-refractivity contribution >= 4 is 5.97 Å². The minimum absolute atomic E-state index is 0.0374. The molecule has 0 aliphatic carbocycles. The quantitative estimate of drug-likeness (QED) is 0.241. The van der Waals surface area contributed by atoms with Crippen LogP contribution in [0.5, 0.6) is 11.5 Å². The highest BCUT2D eigenvalue weighted by Gasteiger charge is 2.49. The van der Waals surface area contributed by atoms with Crippen molar-refractivity contribution in [3.8, 4) is 11.5 Å². The van der Waals surface area contributed by atoms with Gasteiger partial charge in [0.2, 0.25) is 0 Å². The summed E-state index contributed by atoms with van der Waals surface area (Å²) < 4.78 is 50.4. The molecule has 0 saturated carbocycles. The van der Waals surface area contributed by atoms with Gasteiger partial charge >= 0.3 is 5.97 Å². The molecule has 5 rings (SSSR count). The summed E-state index contributed by atoms with van der Waals surface area (Å²) in [6.45, 7) is 0.0957. The molecule has 0 spiro atoms. The normalized spacial score (nSPS) is 30.7. The number of aliphatic carboxylic acids is 1. The minimum atomic E-state index is -1.88. The molecular weight excluding hydrogens is 548 g/mol. The molecule has 13 heteroatoms. The average molecular weight is 582 g/mol. The summed E-state index contributed by atoms with van der Waals surface area (Å²) >= 11 is 0. The molecule has 0 bridgehead atoms. The van der Waals surface area contributed by atoms with Crippen LogP contribution in [0.2, 0.25) is 0 Å². The molecule has 6 N–H and O–H groups in total. The van der Waals surface area contributed by atoms with Crippen molar-refractivity contribution in [3.05, 3.63) is 59.2 Å². The summed E-state index contributed by atoms with van der Waals surface area (Å²) in [4.78, 5) is 11.5. The van der Waals surface area contributed by atoms with E-state index in [1.807, 2.05) is 0 Å². The second-order valence-corrected chi connectivity index (χ2v) is 10.5. The van der Waals surface area contributed by atoms with Gasteiger partial charge in [0.05, 0.1) is 0 Å². The zero-order chi connectivity index (χ0) is 29.3. The molecule has 9 atom stereocenters. The van der Waals surface area contributed by atoms with E-state index in [1.54, 1.807) is 0 Å². The molecule has 3 heterocycles. The third-order valence-corrected chi connectivity index (χ3v) is 7.66. The van der Waals surface area contributed by atoms with Gasteiger partial charge < -0.3 is 49.8 Å². The molecule has 3 aliphatic heterocycles. The number of aliphatic hydroxyl groups excluding tert-OH is 4. The molecular formula is C28H33F2NO10. The Morgan fingerprint density at radius 3 is 2.10 bits per heavy atom. The van der Waals surface area contributed by atoms with Gasteiger partial charge in [0.1, 0.15) is 65.9 Å². The molecule has 2 aromatic rings. The number of hydrogen-bond donors (Lipinski definition) is 6. The first-order valence-corrected chi connectivity index (χ1v) is 13.5. The van der Waals surface area contributed by atoms with Crippen LogP contribution >= 0.6 is 0 Å². The smallest absolute Gasteiger partial charge is 0.335 e. The second kappa shape index (κ2) is 12.5. The van der Waals surface area contributed by atoms with Gasteiger partial charge in [-0.1, -0.05) is 0 Å². The molecule has 0 radical (unpaired) electrons. The summed E-state index contributed by atoms with van der Waals surface area (Å²) in [6.07, 6.45) is -10.2. The summed E-state index contributed by atoms with van der Waals surface area (Å²) in [5.74, 6) is -1.37. The number of benzene rings is 2. The number of hydrogen-bond acceptors (Lipinski definition) is 10. The van der Waals surface area contributed by atoms with E-state index in [9.17, 15) is 39.1 Å². The zero-order valence-corrected chi connectivity index (χ0v) is 21.9. The van der Waals surface area contributed by atoms with E-state index in [2.05, 4.69) is 5.32 Å². The highest BCUT2D eigenvalue weighted by atomic mass is 19.1. The number of fused-ring (bicyclic) bond motifs is 2. The zero-order valence-electron chi connectivity index (χ0n) is 21.9. The van der Waals surface area contributed by atoms with Crippen LogP contribution in [-0.2, 0) is 27.1 Å². The maximum Gasteiger partial charge on any atom is 0.335 e. The molecule has 224 valence electrons. The van der Waals surface area contributed by atoms with Crippen molar-refractivity contribution in [3.63, 3.8) is 0 Å². The summed E-state index contributed by atoms with van der Waals surface area (Å²) in [7, 11) is 0. The molecule has 41 heavy (non-hydrogen) atoms. The van der Waals surface area contributed by atoms with Crippen LogP contribution in [0.1, 0.15) is 24.0 Å². The van der Waals surface area contributed by atoms with Crippen LogP contribution in [0.4, 0.5) is 8.78 Å². The molecule has 2 aromatic carbocycles. The molecule has 0 amide bonds. The van der Waals surface area contributed by atoms with Gasteiger partial charge in [-0.3, -0.25) is 0 Å². The predicted molar refractivity (Wildman–Crippen MR) is 136 cm³/mol. The van der Waals surface area contributed by atoms with Crippen molar-refractivity contribution in [1.29, 1.82) is 0 Å². The third kappa shape index (κ3) is 6.61. The van der Waals surface area contributed by atoms with Gasteiger partial charge in [0.25, 0.3) is 0 Å². The number of halogens is 2. The fourth-order valence-corrected chi connectivity index (χ4v) is 5.40. The highest BCUT2D eigenvalue weighted by molar-refractivity contribution is 5.73. The van der Waals surface area contributed by atoms with Crippen molar-refractivity contribution in [1.82, 2.24) is 5.32 Å². The Kier molecular flexibility index (Phi) is 9.04. The van der Waals surface area contributed by atoms with Crippen LogP contribution in [0.25, 0.3) is 0 Å². The fourth-order valence-electron chi connectivity index (χ4n) is 5.40. The first kappa shape index (κ1) is 29.6. The molecule has 1 saturated heterocycles. The van der Waals surface area contributed by atoms with Gasteiger partial charge in [-0.05, 0) is 73.2 Å². The number of rotatable bonds is 9. The van der Waals surface area contributed by atoms with Gasteiger partial charge in [-0.15, -0.1) is 0 Å². The van der Waals surface area contributed by atoms with Gasteiger partial charge in [-0.2, -0.15) is 0 Å². The number of carboxylic acids is 1. The number of nitrogens with one attached hydrogen (secondary N) is 1. The predicted octanol–water partition coefficient (Wildman–Crippen LogP) is 0.280. The number of carboxylic acid groups (broad SMARTS) is 1. The Morgan fingerprint density at radius 1 is 0.902 bits per heavy atom. The maximum absolute atomic E-state index is 13.7. The Bertz CT molecular complexity index is 1230. The lowest BCUT2D eigenvalue weighted by Gasteiger charge is -2.41. The first-order chi connectivity index (χ1) is 19.6. The summed E-state index contributed by atoms with van der Waals surface area (Å²) in [5.41, 5.74) is 1.39. The minimum Gasteiger partial charge on any atom is -0.487 e. The van der Waals surface area contributed by atoms with E-state index in [4.69, 9.17) is 18.9 Å². The van der Waals surface area contributed by atoms with E-state index in [0.29, 0.717) is 42.7 Å². The molecule has 3 aliphatic rings. The van der Waals surface area contributed by atoms with E-state index in [-0.39, 0.29) is 18.9 Å². The lowest BCUT2D eigenvalue weighted by atomic mass is 9.97. The van der Waals surface area contributed by atoms with E-state index >= 15 is 0 Å². The maximum atomic E-state index is 13.7. The Balaban J connectivity index is 1.26. The average Bonchev–Trinajstić information content (AvgIpc) is 2.95. The van der Waals surface area contributed by atoms with E-state index in [1.165, 1.54) is 36.4 Å². The SMILES string of the molecule is O=C(O)[C@H]1OC(OC(CNCC(O)C2CCc3cc(F)ccc3O2)C2CCc3cc(F)ccc3O2)[C@H](O)[C@@H](O)[C@@H]1O. The van der Waals surface area contributed by atoms with Gasteiger partial charge in [-0.25, -0.2) is 13.6 Å². The lowest BCUT2D eigenvalue weighted by Crippen LogP contribution is -2.62. The molecule has 11 nitrogen and oxygen atoms in total. The van der Waals surface area contributed by atoms with Gasteiger partial charge in [0.15, 0.2) is 12.4 Å². The number of aryl methyl sites for hydroxylation is 2. The molecule has 0 aromatic heterocycles. The standard InChI is InChI=1S/C28H33F2NO10/c29-15-3-7-18-13(9-15)1-5-20(38-18)17(32)11-31-12-22(21-6-2-14-10-16(30)4-8-19(14)39-21)40-28-25(35)23(33)24(34)26(41-28)27(36)37/h3-4,7-10,17,20-26,28,31-35H,1-2,5-6,11-12H2,(H,36,37)/t17?,20?,21?,22?,23-,24-,25+,26-,28?/m0/s1. The second-order valence-electron chi connectivity index (χ2n) is 10.5. The van der Waals surface area contributed by atoms with Crippen LogP contribution in [-0.4, -0.2) is 99.7 Å². The number of carbonyl (C=O) groups is 1. The Labute approximate surface area is 234 Å². The van der Waals surface area contributed by atoms with Crippen molar-refractivity contribution in [2.75, 3.05) is 13.1 Å². The number of ether oxygens (including phenoxy) is 4. The topological polar surface area (TPSA) is 167 Å². The monoisotopic (exact) mass is 581 g/mol. The largest absolute Gasteiger partial charge is 0.487 e. The van der Waals surface area contributed by atoms with Crippen molar-refractivity contribution in [2.45, 2.75) is 80.8 Å². The Morgan fingerprint density at radius 2 is 1.49 bits per heavy atom. The van der Waals surface area contributed by atoms with Crippen molar-refractivity contribution in [2.24, 2.45) is 0 Å². The van der Waals surface area contributed by atoms with Crippen LogP contribution in [0, 0.1) is 11.6 Å². The highest BCUT2D eigenvalue weighted by Crippen LogP contribution is 2.32. The molecule has 1 fully saturated rings. The lowest BCUT2D eigenvalue weighted by molar-refractivity contribution is -0.309. The van der Waals surface area contributed by atoms with Crippen LogP contribution in [0.3, 0.4) is 0 Å². The Hall–Kier alpha value is -2.91. The van der Waals surface area contributed by atoms with Crippen LogP contribution in [0.15, 0.2) is 36.4 Å². The van der Waals surface area contributed by atoms with Crippen molar-refractivity contribution < 1.29 is 58.1 Å². The third-order valence-electron chi connectivity index (χ3n) is 7.66. The fraction of sp³-hybridized carbons (Fsp3) is 0.536. The van der Waals surface area contributed by atoms with E-state index < -0.39 is 66.9 Å².